The van der Waals surface area contributed by atoms with E-state index in [1.165, 1.54) is 0 Å². The molecule has 0 saturated carbocycles. The number of hydrogen-bond acceptors (Lipinski definition) is 13. The molecule has 342 valence electrons. The average Bonchev–Trinajstić information content (AvgIpc) is 3.60. The quantitative estimate of drug-likeness (QED) is 0.0936. The van der Waals surface area contributed by atoms with E-state index in [-0.39, 0.29) is 37.6 Å². The summed E-state index contributed by atoms with van der Waals surface area (Å²) in [6.07, 6.45) is -12.2. The van der Waals surface area contributed by atoms with Crippen molar-refractivity contribution in [2.75, 3.05) is 20.3 Å². The summed E-state index contributed by atoms with van der Waals surface area (Å²) in [6.45, 7) is -0.592. The Balaban J connectivity index is 1.09. The highest BCUT2D eigenvalue weighted by Gasteiger charge is 2.58. The van der Waals surface area contributed by atoms with Crippen LogP contribution in [0.1, 0.15) is 37.4 Å². The topological polar surface area (TPSA) is 172 Å². The number of rotatable bonds is 17. The number of methoxy groups -OCH3 is 1. The highest BCUT2D eigenvalue weighted by molar-refractivity contribution is 6.21. The van der Waals surface area contributed by atoms with Gasteiger partial charge >= 0.3 is 0 Å². The van der Waals surface area contributed by atoms with E-state index in [1.54, 1.807) is 55.6 Å². The van der Waals surface area contributed by atoms with Gasteiger partial charge in [0.05, 0.1) is 51.3 Å². The maximum Gasteiger partial charge on any atom is 0.262 e. The van der Waals surface area contributed by atoms with Crippen molar-refractivity contribution < 1.29 is 62.8 Å². The van der Waals surface area contributed by atoms with Gasteiger partial charge in [-0.3, -0.25) is 14.5 Å². The molecule has 0 aliphatic carbocycles. The summed E-state index contributed by atoms with van der Waals surface area (Å²) in [5.41, 5.74) is 2.82. The summed E-state index contributed by atoms with van der Waals surface area (Å²) >= 11 is 0. The van der Waals surface area contributed by atoms with Crippen LogP contribution < -0.4 is 9.47 Å². The van der Waals surface area contributed by atoms with Gasteiger partial charge in [-0.1, -0.05) is 109 Å². The SMILES string of the molecule is COc1ccc(O[C@@H]2O[C@H](COCc3ccccc3)[C@@H](O[C@@H]3O[C@H](CO)[C@@H](O)[C@H](OCc4ccc5ccccc5c4)[C@H]3O)[C@H](OCc3ccccc3)[C@H]2N2C(=O)c3ccccc3C2=O)cc1. The zero-order chi connectivity index (χ0) is 45.6. The number of hydrogen-bond donors (Lipinski definition) is 3. The van der Waals surface area contributed by atoms with Gasteiger partial charge < -0.3 is 53.2 Å². The van der Waals surface area contributed by atoms with Crippen molar-refractivity contribution in [3.63, 3.8) is 0 Å². The van der Waals surface area contributed by atoms with Crippen LogP contribution in [0.2, 0.25) is 0 Å². The van der Waals surface area contributed by atoms with Gasteiger partial charge in [0.25, 0.3) is 11.8 Å². The molecule has 3 heterocycles. The fraction of sp³-hybridized carbons (Fsp3) is 0.308. The first kappa shape index (κ1) is 45.1. The molecule has 0 radical (unpaired) electrons. The molecular weight excluding hydrogens is 847 g/mol. The minimum absolute atomic E-state index is 0.00594. The zero-order valence-corrected chi connectivity index (χ0v) is 36.1. The van der Waals surface area contributed by atoms with Crippen molar-refractivity contribution in [2.24, 2.45) is 0 Å². The number of aliphatic hydroxyl groups excluding tert-OH is 3. The number of amides is 2. The minimum atomic E-state index is -1.63. The van der Waals surface area contributed by atoms with Gasteiger partial charge in [0, 0.05) is 0 Å². The molecule has 14 nitrogen and oxygen atoms in total. The predicted molar refractivity (Wildman–Crippen MR) is 239 cm³/mol. The second-order valence-electron chi connectivity index (χ2n) is 16.4. The van der Waals surface area contributed by atoms with Gasteiger partial charge in [-0.15, -0.1) is 0 Å². The van der Waals surface area contributed by atoms with E-state index in [0.717, 1.165) is 32.4 Å². The van der Waals surface area contributed by atoms with Crippen molar-refractivity contribution in [2.45, 2.75) is 81.2 Å². The van der Waals surface area contributed by atoms with E-state index < -0.39 is 79.8 Å². The molecule has 2 amide bonds. The van der Waals surface area contributed by atoms with E-state index in [4.69, 9.17) is 37.9 Å². The monoisotopic (exact) mass is 897 g/mol. The summed E-state index contributed by atoms with van der Waals surface area (Å²) < 4.78 is 51.2. The summed E-state index contributed by atoms with van der Waals surface area (Å²) in [7, 11) is 1.54. The Bertz CT molecular complexity index is 2530. The standard InChI is InChI=1S/C52H51NO13/c1-59-37-22-24-38(25-23-37)63-51-43(53-49(57)39-18-10-11-19-40(39)50(53)58)47(61-29-33-14-6-3-7-15-33)46(42(65-51)31-60-28-32-12-4-2-5-13-32)66-52-45(56)48(44(55)41(27-54)64-52)62-30-34-20-21-35-16-8-9-17-36(35)26-34/h2-26,41-48,51-52,54-56H,27-31H2,1H3/t41-,42-,43-,44-,45-,46-,47-,48+,51-,52+/m1/s1. The highest BCUT2D eigenvalue weighted by atomic mass is 16.7. The number of benzene rings is 6. The summed E-state index contributed by atoms with van der Waals surface area (Å²) in [6, 6.07) is 44.5. The van der Waals surface area contributed by atoms with E-state index in [1.807, 2.05) is 103 Å². The summed E-state index contributed by atoms with van der Waals surface area (Å²) in [5.74, 6) is -0.286. The Hall–Kier alpha value is -6.04. The second-order valence-corrected chi connectivity index (χ2v) is 16.4. The normalized spacial score (nSPS) is 26.3. The van der Waals surface area contributed by atoms with Gasteiger partial charge in [0.1, 0.15) is 60.3 Å². The lowest BCUT2D eigenvalue weighted by Gasteiger charge is -2.50. The molecule has 2 fully saturated rings. The number of ether oxygens (including phenoxy) is 8. The van der Waals surface area contributed by atoms with Crippen LogP contribution in [0.3, 0.4) is 0 Å². The lowest BCUT2D eigenvalue weighted by molar-refractivity contribution is -0.353. The van der Waals surface area contributed by atoms with E-state index in [9.17, 15) is 24.9 Å². The molecule has 10 atom stereocenters. The van der Waals surface area contributed by atoms with Crippen molar-refractivity contribution in [3.05, 3.63) is 179 Å². The van der Waals surface area contributed by atoms with Crippen LogP contribution >= 0.6 is 0 Å². The zero-order valence-electron chi connectivity index (χ0n) is 36.1. The number of fused-ring (bicyclic) bond motifs is 2. The third-order valence-electron chi connectivity index (χ3n) is 12.1. The average molecular weight is 898 g/mol. The molecule has 14 heteroatoms. The molecule has 0 bridgehead atoms. The first-order valence-corrected chi connectivity index (χ1v) is 21.9. The van der Waals surface area contributed by atoms with Crippen molar-refractivity contribution >= 4 is 22.6 Å². The van der Waals surface area contributed by atoms with Crippen LogP contribution in [0.15, 0.2) is 152 Å². The lowest BCUT2D eigenvalue weighted by atomic mass is 9.93. The minimum Gasteiger partial charge on any atom is -0.497 e. The number of carbonyl (C=O) groups excluding carboxylic acids is 2. The number of nitrogens with zero attached hydrogens (tertiary/aromatic N) is 1. The summed E-state index contributed by atoms with van der Waals surface area (Å²) in [4.78, 5) is 30.1. The largest absolute Gasteiger partial charge is 0.497 e. The Labute approximate surface area is 381 Å². The van der Waals surface area contributed by atoms with E-state index >= 15 is 0 Å². The Morgan fingerprint density at radius 2 is 1.14 bits per heavy atom. The second kappa shape index (κ2) is 20.6. The summed E-state index contributed by atoms with van der Waals surface area (Å²) in [5, 5.41) is 36.1. The maximum atomic E-state index is 14.5. The van der Waals surface area contributed by atoms with E-state index in [2.05, 4.69) is 0 Å². The Kier molecular flexibility index (Phi) is 14.1. The number of carbonyl (C=O) groups is 2. The first-order chi connectivity index (χ1) is 32.3. The lowest BCUT2D eigenvalue weighted by Crippen LogP contribution is -2.69. The Morgan fingerprint density at radius 1 is 0.561 bits per heavy atom. The maximum absolute atomic E-state index is 14.5. The van der Waals surface area contributed by atoms with Crippen molar-refractivity contribution in [1.82, 2.24) is 4.90 Å². The fourth-order valence-corrected chi connectivity index (χ4v) is 8.69. The third-order valence-corrected chi connectivity index (χ3v) is 12.1. The fourth-order valence-electron chi connectivity index (χ4n) is 8.69. The van der Waals surface area contributed by atoms with Crippen LogP contribution in [-0.2, 0) is 48.2 Å². The smallest absolute Gasteiger partial charge is 0.262 e. The molecule has 9 rings (SSSR count). The molecule has 3 aliphatic rings. The number of imide groups is 1. The number of aliphatic hydroxyl groups is 3. The van der Waals surface area contributed by atoms with Gasteiger partial charge in [-0.25, -0.2) is 0 Å². The molecular formula is C52H51NO13. The molecule has 0 aromatic heterocycles. The molecule has 66 heavy (non-hydrogen) atoms. The Morgan fingerprint density at radius 3 is 1.80 bits per heavy atom. The van der Waals surface area contributed by atoms with Crippen LogP contribution in [0.5, 0.6) is 11.5 Å². The first-order valence-electron chi connectivity index (χ1n) is 21.9. The van der Waals surface area contributed by atoms with Crippen LogP contribution in [0.4, 0.5) is 0 Å². The van der Waals surface area contributed by atoms with E-state index in [0.29, 0.717) is 11.5 Å². The van der Waals surface area contributed by atoms with Crippen molar-refractivity contribution in [3.8, 4) is 11.5 Å². The molecule has 6 aromatic carbocycles. The van der Waals surface area contributed by atoms with Crippen LogP contribution in [0.25, 0.3) is 10.8 Å². The van der Waals surface area contributed by atoms with Crippen LogP contribution in [-0.4, -0.2) is 114 Å². The van der Waals surface area contributed by atoms with Gasteiger partial charge in [-0.2, -0.15) is 0 Å². The highest BCUT2D eigenvalue weighted by Crippen LogP contribution is 2.38. The van der Waals surface area contributed by atoms with Gasteiger partial charge in [-0.05, 0) is 69.9 Å². The molecule has 0 spiro atoms. The molecule has 3 aliphatic heterocycles. The molecule has 0 unspecified atom stereocenters. The van der Waals surface area contributed by atoms with Gasteiger partial charge in [0.15, 0.2) is 6.29 Å². The molecule has 3 N–H and O–H groups in total. The van der Waals surface area contributed by atoms with Crippen LogP contribution in [0, 0.1) is 0 Å². The van der Waals surface area contributed by atoms with Gasteiger partial charge in [0.2, 0.25) is 6.29 Å². The molecule has 2 saturated heterocycles. The van der Waals surface area contributed by atoms with Crippen molar-refractivity contribution in [1.29, 1.82) is 0 Å². The molecule has 6 aromatic rings. The predicted octanol–water partition coefficient (Wildman–Crippen LogP) is 5.83. The third kappa shape index (κ3) is 9.74.